The lowest BCUT2D eigenvalue weighted by atomic mass is 10.2. The number of methoxy groups -OCH3 is 1. The third-order valence-corrected chi connectivity index (χ3v) is 3.21. The van der Waals surface area contributed by atoms with Crippen molar-refractivity contribution in [2.24, 2.45) is 0 Å². The van der Waals surface area contributed by atoms with Crippen LogP contribution in [0, 0.1) is 0 Å². The van der Waals surface area contributed by atoms with Crippen molar-refractivity contribution in [3.05, 3.63) is 12.0 Å². The molecule has 0 aromatic rings. The van der Waals surface area contributed by atoms with Crippen LogP contribution in [0.15, 0.2) is 12.0 Å². The number of hydrogen-bond donors (Lipinski definition) is 1. The molecule has 0 saturated carbocycles. The number of nitrogens with one attached hydrogen (secondary N) is 1. The van der Waals surface area contributed by atoms with Crippen molar-refractivity contribution in [2.45, 2.75) is 52.4 Å². The van der Waals surface area contributed by atoms with Crippen molar-refractivity contribution in [1.29, 1.82) is 0 Å². The summed E-state index contributed by atoms with van der Waals surface area (Å²) in [5, 5.41) is 1.82. The smallest absolute Gasteiger partial charge is 0.410 e. The highest BCUT2D eigenvalue weighted by Gasteiger charge is 2.26. The monoisotopic (exact) mass is 329 g/mol. The Kier molecular flexibility index (Phi) is 7.15. The topological polar surface area (TPSA) is 63.3 Å². The summed E-state index contributed by atoms with van der Waals surface area (Å²) in [7, 11) is 3.55. The van der Waals surface area contributed by atoms with Gasteiger partial charge in [-0.05, 0) is 40.7 Å². The highest BCUT2D eigenvalue weighted by atomic mass is 16.6. The molecule has 2 unspecified atom stereocenters. The Morgan fingerprint density at radius 1 is 1.48 bits per heavy atom. The van der Waals surface area contributed by atoms with E-state index in [1.807, 2.05) is 52.8 Å². The lowest BCUT2D eigenvalue weighted by Crippen LogP contribution is -2.41. The molecule has 2 atom stereocenters. The summed E-state index contributed by atoms with van der Waals surface area (Å²) >= 11 is 0. The highest BCUT2D eigenvalue weighted by molar-refractivity contribution is 5.68. The summed E-state index contributed by atoms with van der Waals surface area (Å²) in [5.74, 6) is 0.736. The summed E-state index contributed by atoms with van der Waals surface area (Å²) in [6.07, 6.45) is 1.50. The van der Waals surface area contributed by atoms with E-state index in [0.717, 1.165) is 5.88 Å². The van der Waals surface area contributed by atoms with E-state index in [1.165, 1.54) is 0 Å². The van der Waals surface area contributed by atoms with Crippen molar-refractivity contribution in [1.82, 2.24) is 15.3 Å². The van der Waals surface area contributed by atoms with Gasteiger partial charge in [-0.25, -0.2) is 10.2 Å². The van der Waals surface area contributed by atoms with Crippen molar-refractivity contribution < 1.29 is 19.0 Å². The zero-order chi connectivity index (χ0) is 17.6. The van der Waals surface area contributed by atoms with Gasteiger partial charge in [-0.15, -0.1) is 0 Å². The quantitative estimate of drug-likeness (QED) is 0.770. The fourth-order valence-corrected chi connectivity index (χ4v) is 2.23. The molecule has 0 radical (unpaired) electrons. The summed E-state index contributed by atoms with van der Waals surface area (Å²) in [6.45, 7) is 11.0. The molecule has 134 valence electrons. The minimum Gasteiger partial charge on any atom is -0.473 e. The number of carbonyl (C=O) groups excluding carboxylic acids is 1. The number of rotatable bonds is 7. The van der Waals surface area contributed by atoms with Gasteiger partial charge in [0.25, 0.3) is 0 Å². The van der Waals surface area contributed by atoms with Gasteiger partial charge >= 0.3 is 6.09 Å². The molecule has 0 bridgehead atoms. The Morgan fingerprint density at radius 3 is 2.65 bits per heavy atom. The Labute approximate surface area is 139 Å². The minimum absolute atomic E-state index is 0.0975. The summed E-state index contributed by atoms with van der Waals surface area (Å²) in [4.78, 5) is 13.8. The zero-order valence-electron chi connectivity index (χ0n) is 15.4. The third-order valence-electron chi connectivity index (χ3n) is 3.21. The minimum atomic E-state index is -0.500. The maximum absolute atomic E-state index is 12.2. The van der Waals surface area contributed by atoms with Crippen molar-refractivity contribution in [3.63, 3.8) is 0 Å². The summed E-state index contributed by atoms with van der Waals surface area (Å²) in [5.41, 5.74) is 2.72. The molecule has 1 heterocycles. The molecule has 0 saturated heterocycles. The predicted molar refractivity (Wildman–Crippen MR) is 88.7 cm³/mol. The normalized spacial score (nSPS) is 19.3. The molecular formula is C16H31N3O4. The van der Waals surface area contributed by atoms with Crippen LogP contribution in [-0.2, 0) is 14.2 Å². The van der Waals surface area contributed by atoms with E-state index in [0.29, 0.717) is 19.7 Å². The van der Waals surface area contributed by atoms with Crippen molar-refractivity contribution in [3.8, 4) is 0 Å². The van der Waals surface area contributed by atoms with Crippen LogP contribution in [0.4, 0.5) is 4.79 Å². The molecule has 1 rings (SSSR count). The number of ether oxygens (including phenoxy) is 3. The van der Waals surface area contributed by atoms with Gasteiger partial charge in [0.05, 0.1) is 19.2 Å². The van der Waals surface area contributed by atoms with Crippen LogP contribution < -0.4 is 5.43 Å². The van der Waals surface area contributed by atoms with Gasteiger partial charge in [0.2, 0.25) is 5.88 Å². The molecule has 0 fully saturated rings. The fraction of sp³-hybridized carbons (Fsp3) is 0.812. The van der Waals surface area contributed by atoms with Crippen LogP contribution in [0.5, 0.6) is 0 Å². The number of hydrazine groups is 1. The van der Waals surface area contributed by atoms with Gasteiger partial charge in [0.15, 0.2) is 0 Å². The second-order valence-electron chi connectivity index (χ2n) is 6.70. The molecule has 0 spiro atoms. The molecule has 7 nitrogen and oxygen atoms in total. The van der Waals surface area contributed by atoms with Gasteiger partial charge in [-0.1, -0.05) is 0 Å². The van der Waals surface area contributed by atoms with E-state index in [2.05, 4.69) is 5.43 Å². The molecule has 0 aliphatic carbocycles. The van der Waals surface area contributed by atoms with E-state index in [4.69, 9.17) is 14.2 Å². The van der Waals surface area contributed by atoms with Crippen LogP contribution >= 0.6 is 0 Å². The molecule has 1 N–H and O–H groups in total. The van der Waals surface area contributed by atoms with Crippen LogP contribution in [0.3, 0.4) is 0 Å². The van der Waals surface area contributed by atoms with E-state index in [1.54, 1.807) is 12.0 Å². The molecule has 7 heteroatoms. The van der Waals surface area contributed by atoms with Crippen LogP contribution in [0.2, 0.25) is 0 Å². The molecule has 1 amide bonds. The SMILES string of the molecule is CCN(CC(C)OC1=CC(COC)NN1C)C(=O)OC(C)(C)C. The van der Waals surface area contributed by atoms with Gasteiger partial charge in [0.1, 0.15) is 11.7 Å². The summed E-state index contributed by atoms with van der Waals surface area (Å²) in [6, 6.07) is 0.0975. The second-order valence-corrected chi connectivity index (χ2v) is 6.70. The standard InChI is InChI=1S/C16H31N3O4/c1-8-19(15(20)23-16(3,4)5)10-12(2)22-14-9-13(11-21-7)17-18(14)6/h9,12-13,17H,8,10-11H2,1-7H3. The van der Waals surface area contributed by atoms with E-state index >= 15 is 0 Å². The zero-order valence-corrected chi connectivity index (χ0v) is 15.4. The molecular weight excluding hydrogens is 298 g/mol. The van der Waals surface area contributed by atoms with Gasteiger partial charge in [-0.2, -0.15) is 0 Å². The second kappa shape index (κ2) is 8.40. The average Bonchev–Trinajstić information content (AvgIpc) is 2.74. The molecule has 0 aromatic heterocycles. The fourth-order valence-electron chi connectivity index (χ4n) is 2.23. The van der Waals surface area contributed by atoms with E-state index in [9.17, 15) is 4.79 Å². The Hall–Kier alpha value is -1.47. The first-order valence-corrected chi connectivity index (χ1v) is 8.01. The number of carbonyl (C=O) groups is 1. The lowest BCUT2D eigenvalue weighted by molar-refractivity contribution is 0.00473. The number of amides is 1. The number of likely N-dealkylation sites (N-methyl/N-ethyl adjacent to an activating group) is 1. The van der Waals surface area contributed by atoms with Crippen molar-refractivity contribution >= 4 is 6.09 Å². The Balaban J connectivity index is 2.55. The van der Waals surface area contributed by atoms with Gasteiger partial charge in [-0.3, -0.25) is 5.01 Å². The number of nitrogens with zero attached hydrogens (tertiary/aromatic N) is 2. The van der Waals surface area contributed by atoms with E-state index in [-0.39, 0.29) is 18.2 Å². The first-order chi connectivity index (χ1) is 10.7. The van der Waals surface area contributed by atoms with Crippen LogP contribution in [0.25, 0.3) is 0 Å². The van der Waals surface area contributed by atoms with E-state index < -0.39 is 5.60 Å². The van der Waals surface area contributed by atoms with Gasteiger partial charge in [0, 0.05) is 20.7 Å². The van der Waals surface area contributed by atoms with Crippen LogP contribution in [0.1, 0.15) is 34.6 Å². The van der Waals surface area contributed by atoms with Crippen molar-refractivity contribution in [2.75, 3.05) is 33.9 Å². The number of hydrogen-bond acceptors (Lipinski definition) is 6. The molecule has 1 aliphatic heterocycles. The average molecular weight is 329 g/mol. The first kappa shape index (κ1) is 19.6. The predicted octanol–water partition coefficient (Wildman–Crippen LogP) is 1.95. The lowest BCUT2D eigenvalue weighted by Gasteiger charge is -2.29. The largest absolute Gasteiger partial charge is 0.473 e. The maximum atomic E-state index is 12.2. The Morgan fingerprint density at radius 2 is 2.13 bits per heavy atom. The van der Waals surface area contributed by atoms with Crippen LogP contribution in [-0.4, -0.2) is 67.6 Å². The Bertz CT molecular complexity index is 420. The third kappa shape index (κ3) is 6.66. The molecule has 0 aromatic carbocycles. The highest BCUT2D eigenvalue weighted by Crippen LogP contribution is 2.15. The maximum Gasteiger partial charge on any atom is 0.410 e. The summed E-state index contributed by atoms with van der Waals surface area (Å²) < 4.78 is 16.5. The van der Waals surface area contributed by atoms with Gasteiger partial charge < -0.3 is 19.1 Å². The first-order valence-electron chi connectivity index (χ1n) is 8.01. The molecule has 1 aliphatic rings. The molecule has 23 heavy (non-hydrogen) atoms.